The number of carbonyl (C=O) groups is 1. The van der Waals surface area contributed by atoms with E-state index < -0.39 is 23.6 Å². The first-order valence-electron chi connectivity index (χ1n) is 9.48. The molecular weight excluding hydrogens is 372 g/mol. The second-order valence-corrected chi connectivity index (χ2v) is 6.94. The molecule has 0 amide bonds. The Kier molecular flexibility index (Phi) is 4.12. The zero-order valence-electron chi connectivity index (χ0n) is 15.7. The van der Waals surface area contributed by atoms with E-state index in [1.54, 1.807) is 19.1 Å². The van der Waals surface area contributed by atoms with Crippen molar-refractivity contribution in [1.82, 2.24) is 0 Å². The fourth-order valence-electron chi connectivity index (χ4n) is 3.98. The second-order valence-electron chi connectivity index (χ2n) is 6.94. The normalized spacial score (nSPS) is 19.6. The summed E-state index contributed by atoms with van der Waals surface area (Å²) in [6.07, 6.45) is 0.974. The van der Waals surface area contributed by atoms with E-state index in [-0.39, 0.29) is 13.2 Å². The van der Waals surface area contributed by atoms with Crippen molar-refractivity contribution >= 4 is 23.0 Å². The maximum absolute atomic E-state index is 12.9. The minimum atomic E-state index is -0.973. The molecule has 6 heteroatoms. The van der Waals surface area contributed by atoms with E-state index in [1.165, 1.54) is 0 Å². The van der Waals surface area contributed by atoms with Gasteiger partial charge in [0.2, 0.25) is 6.10 Å². The molecule has 0 saturated carbocycles. The number of hydrogen-bond acceptors (Lipinski definition) is 6. The van der Waals surface area contributed by atoms with Crippen LogP contribution in [0.4, 0.5) is 0 Å². The first kappa shape index (κ1) is 17.6. The largest absolute Gasteiger partial charge is 0.489 e. The van der Waals surface area contributed by atoms with E-state index in [0.29, 0.717) is 22.3 Å². The lowest BCUT2D eigenvalue weighted by Gasteiger charge is -2.24. The van der Waals surface area contributed by atoms with Gasteiger partial charge in [-0.15, -0.1) is 0 Å². The van der Waals surface area contributed by atoms with Gasteiger partial charge in [-0.1, -0.05) is 30.3 Å². The van der Waals surface area contributed by atoms with Crippen LogP contribution in [0.1, 0.15) is 24.0 Å². The summed E-state index contributed by atoms with van der Waals surface area (Å²) in [6.45, 7) is 2.19. The van der Waals surface area contributed by atoms with Gasteiger partial charge < -0.3 is 18.6 Å². The molecule has 0 fully saturated rings. The lowest BCUT2D eigenvalue weighted by molar-refractivity contribution is -0.151. The van der Waals surface area contributed by atoms with E-state index in [4.69, 9.17) is 18.6 Å². The molecule has 6 nitrogen and oxygen atoms in total. The second kappa shape index (κ2) is 6.81. The van der Waals surface area contributed by atoms with Crippen molar-refractivity contribution in [3.63, 3.8) is 0 Å². The first-order valence-corrected chi connectivity index (χ1v) is 9.48. The molecule has 1 aromatic heterocycles. The lowest BCUT2D eigenvalue weighted by atomic mass is 9.86. The van der Waals surface area contributed by atoms with Gasteiger partial charge in [0.15, 0.2) is 0 Å². The average Bonchev–Trinajstić information content (AvgIpc) is 3.15. The van der Waals surface area contributed by atoms with Gasteiger partial charge in [-0.05, 0) is 36.8 Å². The minimum absolute atomic E-state index is 0.218. The Balaban J connectivity index is 1.70. The Hall–Kier alpha value is -3.54. The number of rotatable bonds is 3. The van der Waals surface area contributed by atoms with Gasteiger partial charge in [-0.25, -0.2) is 9.59 Å². The Morgan fingerprint density at radius 1 is 1.14 bits per heavy atom. The summed E-state index contributed by atoms with van der Waals surface area (Å²) < 4.78 is 22.7. The van der Waals surface area contributed by atoms with Crippen molar-refractivity contribution in [2.75, 3.05) is 13.2 Å². The Labute approximate surface area is 166 Å². The van der Waals surface area contributed by atoms with Gasteiger partial charge >= 0.3 is 11.6 Å². The predicted molar refractivity (Wildman–Crippen MR) is 106 cm³/mol. The van der Waals surface area contributed by atoms with Crippen LogP contribution in [0, 0.1) is 0 Å². The summed E-state index contributed by atoms with van der Waals surface area (Å²) in [7, 11) is 0. The molecule has 146 valence electrons. The Morgan fingerprint density at radius 2 is 1.93 bits per heavy atom. The molecule has 29 heavy (non-hydrogen) atoms. The van der Waals surface area contributed by atoms with Crippen LogP contribution in [0.15, 0.2) is 63.3 Å². The number of esters is 1. The zero-order chi connectivity index (χ0) is 20.0. The highest BCUT2D eigenvalue weighted by molar-refractivity contribution is 5.89. The summed E-state index contributed by atoms with van der Waals surface area (Å²) >= 11 is 0. The number of carbonyl (C=O) groups excluding carboxylic acids is 1. The number of para-hydroxylation sites is 2. The van der Waals surface area contributed by atoms with Gasteiger partial charge in [0.25, 0.3) is 0 Å². The first-order chi connectivity index (χ1) is 14.2. The summed E-state index contributed by atoms with van der Waals surface area (Å²) in [5.41, 5.74) is 1.88. The fraction of sp³-hybridized carbons (Fsp3) is 0.217. The van der Waals surface area contributed by atoms with Crippen molar-refractivity contribution in [3.05, 3.63) is 75.7 Å². The number of benzene rings is 2. The van der Waals surface area contributed by atoms with E-state index in [1.807, 2.05) is 42.5 Å². The SMILES string of the molecule is CCOC(=O)[C@H]1Oc2c(c(=O)oc3ccccc23)[C@@H]1C1=Cc2ccccc2OC1. The average molecular weight is 390 g/mol. The molecule has 2 aromatic carbocycles. The van der Waals surface area contributed by atoms with Gasteiger partial charge in [0.05, 0.1) is 23.5 Å². The molecule has 2 aliphatic rings. The maximum atomic E-state index is 12.9. The third kappa shape index (κ3) is 2.79. The summed E-state index contributed by atoms with van der Waals surface area (Å²) in [6, 6.07) is 14.7. The molecule has 0 aliphatic carbocycles. The molecule has 0 bridgehead atoms. The molecule has 2 aliphatic heterocycles. The highest BCUT2D eigenvalue weighted by atomic mass is 16.6. The lowest BCUT2D eigenvalue weighted by Crippen LogP contribution is -2.34. The molecule has 0 saturated heterocycles. The van der Waals surface area contributed by atoms with Crippen LogP contribution >= 0.6 is 0 Å². The number of hydrogen-bond donors (Lipinski definition) is 0. The van der Waals surface area contributed by atoms with Gasteiger partial charge in [-0.3, -0.25) is 0 Å². The quantitative estimate of drug-likeness (QED) is 0.502. The molecule has 0 N–H and O–H groups in total. The smallest absolute Gasteiger partial charge is 0.348 e. The Morgan fingerprint density at radius 3 is 2.79 bits per heavy atom. The van der Waals surface area contributed by atoms with Crippen LogP contribution < -0.4 is 15.1 Å². The van der Waals surface area contributed by atoms with Gasteiger partial charge in [0.1, 0.15) is 23.7 Å². The van der Waals surface area contributed by atoms with Crippen molar-refractivity contribution < 1.29 is 23.4 Å². The highest BCUT2D eigenvalue weighted by Crippen LogP contribution is 2.46. The van der Waals surface area contributed by atoms with Crippen molar-refractivity contribution in [3.8, 4) is 11.5 Å². The van der Waals surface area contributed by atoms with E-state index in [0.717, 1.165) is 16.9 Å². The van der Waals surface area contributed by atoms with Crippen LogP contribution in [-0.4, -0.2) is 25.3 Å². The van der Waals surface area contributed by atoms with Crippen molar-refractivity contribution in [1.29, 1.82) is 0 Å². The summed E-state index contributed by atoms with van der Waals surface area (Å²) in [4.78, 5) is 25.6. The highest BCUT2D eigenvalue weighted by Gasteiger charge is 2.46. The number of fused-ring (bicyclic) bond motifs is 4. The van der Waals surface area contributed by atoms with Crippen LogP contribution in [0.3, 0.4) is 0 Å². The molecule has 0 spiro atoms. The molecule has 5 rings (SSSR count). The number of ether oxygens (including phenoxy) is 3. The van der Waals surface area contributed by atoms with Gasteiger partial charge in [-0.2, -0.15) is 0 Å². The summed E-state index contributed by atoms with van der Waals surface area (Å²) in [5, 5.41) is 0.650. The predicted octanol–water partition coefficient (Wildman–Crippen LogP) is 3.68. The molecular formula is C23H18O6. The van der Waals surface area contributed by atoms with Crippen LogP contribution in [0.25, 0.3) is 17.0 Å². The van der Waals surface area contributed by atoms with Crippen LogP contribution in [-0.2, 0) is 9.53 Å². The summed E-state index contributed by atoms with van der Waals surface area (Å²) in [5.74, 6) is -0.0246. The van der Waals surface area contributed by atoms with Crippen molar-refractivity contribution in [2.24, 2.45) is 0 Å². The van der Waals surface area contributed by atoms with E-state index >= 15 is 0 Å². The van der Waals surface area contributed by atoms with Crippen LogP contribution in [0.5, 0.6) is 11.5 Å². The monoisotopic (exact) mass is 390 g/mol. The molecule has 0 radical (unpaired) electrons. The standard InChI is InChI=1S/C23H18O6/c1-2-26-23(25)21-18(14-11-13-7-3-5-9-16(13)27-12-14)19-20(29-21)15-8-4-6-10-17(15)28-22(19)24/h3-11,18,21H,2,12H2,1H3/t18-,21-/m0/s1. The zero-order valence-corrected chi connectivity index (χ0v) is 15.7. The maximum Gasteiger partial charge on any atom is 0.348 e. The fourth-order valence-corrected chi connectivity index (χ4v) is 3.98. The third-order valence-corrected chi connectivity index (χ3v) is 5.23. The molecule has 3 heterocycles. The van der Waals surface area contributed by atoms with E-state index in [9.17, 15) is 9.59 Å². The minimum Gasteiger partial charge on any atom is -0.489 e. The molecule has 2 atom stereocenters. The van der Waals surface area contributed by atoms with E-state index in [2.05, 4.69) is 0 Å². The third-order valence-electron chi connectivity index (χ3n) is 5.23. The molecule has 0 unspecified atom stereocenters. The van der Waals surface area contributed by atoms with Crippen molar-refractivity contribution in [2.45, 2.75) is 18.9 Å². The molecule has 3 aromatic rings. The topological polar surface area (TPSA) is 75.0 Å². The Bertz CT molecular complexity index is 1210. The van der Waals surface area contributed by atoms with Gasteiger partial charge in [0, 0.05) is 5.56 Å². The van der Waals surface area contributed by atoms with Crippen LogP contribution in [0.2, 0.25) is 0 Å².